The van der Waals surface area contributed by atoms with E-state index in [2.05, 4.69) is 15.9 Å². The minimum absolute atomic E-state index is 0.0694. The number of sulfonamides is 1. The van der Waals surface area contributed by atoms with Crippen molar-refractivity contribution in [3.63, 3.8) is 0 Å². The van der Waals surface area contributed by atoms with E-state index in [9.17, 15) is 13.2 Å². The molecule has 6 nitrogen and oxygen atoms in total. The van der Waals surface area contributed by atoms with Crippen LogP contribution < -0.4 is 4.74 Å². The van der Waals surface area contributed by atoms with Crippen molar-refractivity contribution in [2.24, 2.45) is 0 Å². The molecule has 9 heteroatoms. The van der Waals surface area contributed by atoms with Crippen molar-refractivity contribution in [1.29, 1.82) is 0 Å². The molecule has 1 saturated heterocycles. The summed E-state index contributed by atoms with van der Waals surface area (Å²) in [5.74, 6) is 0.458. The topological polar surface area (TPSA) is 66.9 Å². The van der Waals surface area contributed by atoms with Gasteiger partial charge in [0.15, 0.2) is 0 Å². The molecule has 0 radical (unpaired) electrons. The first-order valence-corrected chi connectivity index (χ1v) is 10.8. The van der Waals surface area contributed by atoms with E-state index in [0.717, 1.165) is 0 Å². The first-order chi connectivity index (χ1) is 12.8. The number of methoxy groups -OCH3 is 1. The second-order valence-corrected chi connectivity index (χ2v) is 9.23. The third-order valence-electron chi connectivity index (χ3n) is 4.35. The molecule has 0 N–H and O–H groups in total. The van der Waals surface area contributed by atoms with Crippen molar-refractivity contribution in [2.75, 3.05) is 33.3 Å². The average molecular weight is 474 g/mol. The van der Waals surface area contributed by atoms with Crippen LogP contribution in [0.4, 0.5) is 0 Å². The minimum Gasteiger partial charge on any atom is -0.497 e. The van der Waals surface area contributed by atoms with E-state index in [0.29, 0.717) is 28.9 Å². The third-order valence-corrected chi connectivity index (χ3v) is 7.23. The molecule has 0 bridgehead atoms. The Morgan fingerprint density at radius 1 is 1.11 bits per heavy atom. The molecule has 1 aliphatic rings. The molecule has 1 fully saturated rings. The van der Waals surface area contributed by atoms with Crippen molar-refractivity contribution < 1.29 is 17.9 Å². The average Bonchev–Trinajstić information content (AvgIpc) is 2.67. The van der Waals surface area contributed by atoms with E-state index in [4.69, 9.17) is 16.3 Å². The number of nitrogens with zero attached hydrogens (tertiary/aromatic N) is 2. The number of carbonyl (C=O) groups excluding carboxylic acids is 1. The van der Waals surface area contributed by atoms with Crippen LogP contribution in [0.5, 0.6) is 5.75 Å². The van der Waals surface area contributed by atoms with Crippen LogP contribution in [0.3, 0.4) is 0 Å². The molecule has 1 aliphatic heterocycles. The third kappa shape index (κ3) is 4.29. The molecule has 0 aliphatic carbocycles. The lowest BCUT2D eigenvalue weighted by atomic mass is 10.1. The maximum atomic E-state index is 12.9. The van der Waals surface area contributed by atoms with Gasteiger partial charge in [-0.05, 0) is 36.4 Å². The summed E-state index contributed by atoms with van der Waals surface area (Å²) in [6.45, 7) is 1.04. The Balaban J connectivity index is 1.71. The monoisotopic (exact) mass is 472 g/mol. The van der Waals surface area contributed by atoms with Crippen LogP contribution in [0.25, 0.3) is 0 Å². The van der Waals surface area contributed by atoms with E-state index in [1.54, 1.807) is 48.4 Å². The molecule has 0 atom stereocenters. The fourth-order valence-corrected chi connectivity index (χ4v) is 5.33. The highest BCUT2D eigenvalue weighted by molar-refractivity contribution is 9.10. The van der Waals surface area contributed by atoms with E-state index >= 15 is 0 Å². The molecule has 0 spiro atoms. The molecular weight excluding hydrogens is 456 g/mol. The lowest BCUT2D eigenvalue weighted by Gasteiger charge is -2.34. The summed E-state index contributed by atoms with van der Waals surface area (Å²) in [6.07, 6.45) is 0. The largest absolute Gasteiger partial charge is 0.497 e. The molecular formula is C18H18BrClN2O4S. The Labute approximate surface area is 171 Å². The Hall–Kier alpha value is -1.61. The lowest BCUT2D eigenvalue weighted by Crippen LogP contribution is -2.50. The number of carbonyl (C=O) groups is 1. The van der Waals surface area contributed by atoms with Crippen LogP contribution in [0.2, 0.25) is 5.02 Å². The van der Waals surface area contributed by atoms with Gasteiger partial charge in [0, 0.05) is 36.2 Å². The lowest BCUT2D eigenvalue weighted by molar-refractivity contribution is 0.0697. The van der Waals surface area contributed by atoms with Gasteiger partial charge in [-0.2, -0.15) is 4.31 Å². The van der Waals surface area contributed by atoms with Crippen molar-refractivity contribution in [3.8, 4) is 5.75 Å². The summed E-state index contributed by atoms with van der Waals surface area (Å²) >= 11 is 9.38. The van der Waals surface area contributed by atoms with Crippen LogP contribution in [0.1, 0.15) is 10.4 Å². The van der Waals surface area contributed by atoms with Gasteiger partial charge in [-0.3, -0.25) is 4.79 Å². The van der Waals surface area contributed by atoms with Crippen molar-refractivity contribution in [2.45, 2.75) is 4.90 Å². The summed E-state index contributed by atoms with van der Waals surface area (Å²) < 4.78 is 32.9. The van der Waals surface area contributed by atoms with Crippen molar-refractivity contribution in [1.82, 2.24) is 9.21 Å². The predicted molar refractivity (Wildman–Crippen MR) is 107 cm³/mol. The smallest absolute Gasteiger partial charge is 0.254 e. The molecule has 1 heterocycles. The van der Waals surface area contributed by atoms with Gasteiger partial charge in [-0.25, -0.2) is 8.42 Å². The predicted octanol–water partition coefficient (Wildman–Crippen LogP) is 3.26. The number of hydrogen-bond acceptors (Lipinski definition) is 4. The van der Waals surface area contributed by atoms with Gasteiger partial charge in [0.1, 0.15) is 10.6 Å². The van der Waals surface area contributed by atoms with Gasteiger partial charge in [0.25, 0.3) is 5.91 Å². The van der Waals surface area contributed by atoms with Gasteiger partial charge < -0.3 is 9.64 Å². The van der Waals surface area contributed by atoms with E-state index in [1.807, 2.05) is 0 Å². The second kappa shape index (κ2) is 8.18. The standard InChI is InChI=1S/C18H18BrClN2O4S/c1-26-15-4-2-3-13(11-15)18(23)21-7-9-22(10-8-21)27(24,25)17-6-5-14(19)12-16(17)20/h2-6,11-12H,7-10H2,1H3. The van der Waals surface area contributed by atoms with Gasteiger partial charge in [0.05, 0.1) is 12.1 Å². The highest BCUT2D eigenvalue weighted by Crippen LogP contribution is 2.28. The zero-order chi connectivity index (χ0) is 19.6. The number of hydrogen-bond donors (Lipinski definition) is 0. The molecule has 0 saturated carbocycles. The van der Waals surface area contributed by atoms with Crippen LogP contribution in [-0.4, -0.2) is 56.8 Å². The van der Waals surface area contributed by atoms with Gasteiger partial charge in [0.2, 0.25) is 10.0 Å². The van der Waals surface area contributed by atoms with Crippen LogP contribution >= 0.6 is 27.5 Å². The number of piperazine rings is 1. The Morgan fingerprint density at radius 3 is 2.44 bits per heavy atom. The molecule has 1 amide bonds. The first kappa shape index (κ1) is 20.1. The SMILES string of the molecule is COc1cccc(C(=O)N2CCN(S(=O)(=O)c3ccc(Br)cc3Cl)CC2)c1. The summed E-state index contributed by atoms with van der Waals surface area (Å²) in [4.78, 5) is 14.4. The Kier molecular flexibility index (Phi) is 6.10. The normalized spacial score (nSPS) is 15.6. The number of amides is 1. The zero-order valence-electron chi connectivity index (χ0n) is 14.6. The first-order valence-electron chi connectivity index (χ1n) is 8.21. The van der Waals surface area contributed by atoms with Crippen LogP contribution in [0.15, 0.2) is 51.8 Å². The number of ether oxygens (including phenoxy) is 1. The molecule has 0 unspecified atom stereocenters. The summed E-state index contributed by atoms with van der Waals surface area (Å²) in [6, 6.07) is 11.6. The highest BCUT2D eigenvalue weighted by Gasteiger charge is 2.31. The van der Waals surface area contributed by atoms with Crippen LogP contribution in [0, 0.1) is 0 Å². The van der Waals surface area contributed by atoms with E-state index < -0.39 is 10.0 Å². The molecule has 144 valence electrons. The van der Waals surface area contributed by atoms with Crippen LogP contribution in [-0.2, 0) is 10.0 Å². The van der Waals surface area contributed by atoms with E-state index in [-0.39, 0.29) is 28.9 Å². The van der Waals surface area contributed by atoms with Gasteiger partial charge in [-0.1, -0.05) is 33.6 Å². The number of rotatable bonds is 4. The number of halogens is 2. The molecule has 2 aromatic rings. The summed E-state index contributed by atoms with van der Waals surface area (Å²) in [5, 5.41) is 0.166. The maximum Gasteiger partial charge on any atom is 0.254 e. The van der Waals surface area contributed by atoms with E-state index in [1.165, 1.54) is 10.4 Å². The molecule has 3 rings (SSSR count). The second-order valence-electron chi connectivity index (χ2n) is 6.00. The fraction of sp³-hybridized carbons (Fsp3) is 0.278. The summed E-state index contributed by atoms with van der Waals surface area (Å²) in [7, 11) is -2.17. The van der Waals surface area contributed by atoms with Gasteiger partial charge in [-0.15, -0.1) is 0 Å². The summed E-state index contributed by atoms with van der Waals surface area (Å²) in [5.41, 5.74) is 0.515. The Bertz CT molecular complexity index is 960. The number of benzene rings is 2. The molecule has 27 heavy (non-hydrogen) atoms. The van der Waals surface area contributed by atoms with Gasteiger partial charge >= 0.3 is 0 Å². The highest BCUT2D eigenvalue weighted by atomic mass is 79.9. The quantitative estimate of drug-likeness (QED) is 0.684. The Morgan fingerprint density at radius 2 is 1.81 bits per heavy atom. The fourth-order valence-electron chi connectivity index (χ4n) is 2.89. The minimum atomic E-state index is -3.71. The molecule has 0 aromatic heterocycles. The van der Waals surface area contributed by atoms with Crippen molar-refractivity contribution in [3.05, 3.63) is 57.5 Å². The maximum absolute atomic E-state index is 12.9. The zero-order valence-corrected chi connectivity index (χ0v) is 17.7. The molecule has 2 aromatic carbocycles. The van der Waals surface area contributed by atoms with Crippen molar-refractivity contribution >= 4 is 43.5 Å².